The maximum atomic E-state index is 6.01. The zero-order valence-corrected chi connectivity index (χ0v) is 17.7. The number of hydrogen-bond donors (Lipinski definition) is 0. The number of hydrogen-bond acceptors (Lipinski definition) is 3. The fourth-order valence-corrected chi connectivity index (χ4v) is 3.38. The molecule has 0 radical (unpaired) electrons. The minimum Gasteiger partial charge on any atom is -0.493 e. The Morgan fingerprint density at radius 2 is 1.41 bits per heavy atom. The number of rotatable bonds is 11. The summed E-state index contributed by atoms with van der Waals surface area (Å²) < 4.78 is 6.01. The summed E-state index contributed by atoms with van der Waals surface area (Å²) in [6.45, 7) is 5.18. The van der Waals surface area contributed by atoms with E-state index in [4.69, 9.17) is 4.74 Å². The molecule has 0 saturated heterocycles. The van der Waals surface area contributed by atoms with Gasteiger partial charge in [-0.2, -0.15) is 0 Å². The Morgan fingerprint density at radius 1 is 0.724 bits per heavy atom. The van der Waals surface area contributed by atoms with E-state index in [1.165, 1.54) is 37.7 Å². The summed E-state index contributed by atoms with van der Waals surface area (Å²) in [5.74, 6) is 1.66. The van der Waals surface area contributed by atoms with Gasteiger partial charge in [0, 0.05) is 29.1 Å². The van der Waals surface area contributed by atoms with Gasteiger partial charge in [0.25, 0.3) is 0 Å². The van der Waals surface area contributed by atoms with Crippen molar-refractivity contribution in [3.63, 3.8) is 0 Å². The van der Waals surface area contributed by atoms with Crippen molar-refractivity contribution in [1.82, 2.24) is 9.97 Å². The molecule has 1 aromatic heterocycles. The fraction of sp³-hybridized carbons (Fsp3) is 0.385. The number of para-hydroxylation sites is 1. The second kappa shape index (κ2) is 11.4. The standard InChI is InChI=1S/C26H32N2O/c1-3-5-7-11-21-14-16-22(17-15-21)26-27-19-23(20-28-26)24-12-8-9-13-25(24)29-18-10-6-4-2/h8-9,12-17,19-20H,3-7,10-11,18H2,1-2H3. The van der Waals surface area contributed by atoms with Crippen molar-refractivity contribution < 1.29 is 4.74 Å². The quantitative estimate of drug-likeness (QED) is 0.328. The molecular formula is C26H32N2O. The minimum atomic E-state index is 0.744. The van der Waals surface area contributed by atoms with Crippen molar-refractivity contribution in [2.75, 3.05) is 6.61 Å². The normalized spacial score (nSPS) is 10.8. The van der Waals surface area contributed by atoms with Crippen molar-refractivity contribution in [3.8, 4) is 28.3 Å². The topological polar surface area (TPSA) is 35.0 Å². The first-order valence-electron chi connectivity index (χ1n) is 11.0. The van der Waals surface area contributed by atoms with E-state index in [0.717, 1.165) is 47.7 Å². The zero-order chi connectivity index (χ0) is 20.3. The van der Waals surface area contributed by atoms with E-state index < -0.39 is 0 Å². The lowest BCUT2D eigenvalue weighted by Crippen LogP contribution is -1.99. The molecule has 0 fully saturated rings. The third kappa shape index (κ3) is 6.15. The van der Waals surface area contributed by atoms with Gasteiger partial charge in [-0.3, -0.25) is 0 Å². The van der Waals surface area contributed by atoms with Gasteiger partial charge in [0.15, 0.2) is 5.82 Å². The van der Waals surface area contributed by atoms with E-state index in [2.05, 4.69) is 54.1 Å². The molecule has 3 aromatic rings. The Labute approximate surface area is 175 Å². The van der Waals surface area contributed by atoms with E-state index in [9.17, 15) is 0 Å². The van der Waals surface area contributed by atoms with Gasteiger partial charge in [-0.05, 0) is 30.9 Å². The first-order chi connectivity index (χ1) is 14.3. The predicted octanol–water partition coefficient (Wildman–Crippen LogP) is 7.11. The second-order valence-corrected chi connectivity index (χ2v) is 7.50. The van der Waals surface area contributed by atoms with Crippen molar-refractivity contribution in [1.29, 1.82) is 0 Å². The van der Waals surface area contributed by atoms with Crippen LogP contribution < -0.4 is 4.74 Å². The monoisotopic (exact) mass is 388 g/mol. The molecular weight excluding hydrogens is 356 g/mol. The van der Waals surface area contributed by atoms with E-state index >= 15 is 0 Å². The van der Waals surface area contributed by atoms with Crippen LogP contribution in [0, 0.1) is 0 Å². The minimum absolute atomic E-state index is 0.744. The summed E-state index contributed by atoms with van der Waals surface area (Å²) in [5.41, 5.74) is 4.46. The lowest BCUT2D eigenvalue weighted by Gasteiger charge is -2.11. The molecule has 2 aromatic carbocycles. The Hall–Kier alpha value is -2.68. The predicted molar refractivity (Wildman–Crippen MR) is 121 cm³/mol. The molecule has 0 aliphatic carbocycles. The van der Waals surface area contributed by atoms with Gasteiger partial charge in [-0.15, -0.1) is 0 Å². The molecule has 3 heteroatoms. The molecule has 0 aliphatic heterocycles. The van der Waals surface area contributed by atoms with Gasteiger partial charge < -0.3 is 4.74 Å². The van der Waals surface area contributed by atoms with Gasteiger partial charge in [-0.1, -0.05) is 82.0 Å². The maximum absolute atomic E-state index is 6.01. The third-order valence-electron chi connectivity index (χ3n) is 5.14. The molecule has 0 aliphatic rings. The summed E-state index contributed by atoms with van der Waals surface area (Å²) in [5, 5.41) is 0. The Bertz CT molecular complexity index is 857. The molecule has 152 valence electrons. The van der Waals surface area contributed by atoms with Gasteiger partial charge in [-0.25, -0.2) is 9.97 Å². The highest BCUT2D eigenvalue weighted by Crippen LogP contribution is 2.30. The molecule has 0 spiro atoms. The van der Waals surface area contributed by atoms with Crippen molar-refractivity contribution >= 4 is 0 Å². The third-order valence-corrected chi connectivity index (χ3v) is 5.14. The fourth-order valence-electron chi connectivity index (χ4n) is 3.38. The van der Waals surface area contributed by atoms with E-state index in [0.29, 0.717) is 0 Å². The molecule has 0 N–H and O–H groups in total. The smallest absolute Gasteiger partial charge is 0.159 e. The number of nitrogens with zero attached hydrogens (tertiary/aromatic N) is 2. The first-order valence-corrected chi connectivity index (χ1v) is 11.0. The Balaban J connectivity index is 1.69. The van der Waals surface area contributed by atoms with E-state index in [-0.39, 0.29) is 0 Å². The number of ether oxygens (including phenoxy) is 1. The Kier molecular flexibility index (Phi) is 8.24. The molecule has 3 rings (SSSR count). The molecule has 0 saturated carbocycles. The molecule has 0 unspecified atom stereocenters. The molecule has 3 nitrogen and oxygen atoms in total. The van der Waals surface area contributed by atoms with Crippen LogP contribution in [0.4, 0.5) is 0 Å². The van der Waals surface area contributed by atoms with Crippen molar-refractivity contribution in [3.05, 3.63) is 66.5 Å². The number of benzene rings is 2. The zero-order valence-electron chi connectivity index (χ0n) is 17.7. The SMILES string of the molecule is CCCCCOc1ccccc1-c1cnc(-c2ccc(CCCCC)cc2)nc1. The van der Waals surface area contributed by atoms with Gasteiger partial charge in [0.2, 0.25) is 0 Å². The van der Waals surface area contributed by atoms with E-state index in [1.54, 1.807) is 0 Å². The summed E-state index contributed by atoms with van der Waals surface area (Å²) in [7, 11) is 0. The number of unbranched alkanes of at least 4 members (excludes halogenated alkanes) is 4. The summed E-state index contributed by atoms with van der Waals surface area (Å²) in [6.07, 6.45) is 12.2. The van der Waals surface area contributed by atoms with Gasteiger partial charge in [0.1, 0.15) is 5.75 Å². The lowest BCUT2D eigenvalue weighted by atomic mass is 10.0. The highest BCUT2D eigenvalue weighted by molar-refractivity contribution is 5.70. The van der Waals surface area contributed by atoms with Crippen molar-refractivity contribution in [2.45, 2.75) is 58.8 Å². The second-order valence-electron chi connectivity index (χ2n) is 7.50. The van der Waals surface area contributed by atoms with E-state index in [1.807, 2.05) is 30.6 Å². The van der Waals surface area contributed by atoms with Crippen LogP contribution in [0.25, 0.3) is 22.5 Å². The van der Waals surface area contributed by atoms with Crippen LogP contribution in [0.15, 0.2) is 60.9 Å². The number of aryl methyl sites for hydroxylation is 1. The van der Waals surface area contributed by atoms with Crippen LogP contribution in [0.2, 0.25) is 0 Å². The average Bonchev–Trinajstić information content (AvgIpc) is 2.78. The number of aromatic nitrogens is 2. The summed E-state index contributed by atoms with van der Waals surface area (Å²) >= 11 is 0. The average molecular weight is 389 g/mol. The Morgan fingerprint density at radius 3 is 2.14 bits per heavy atom. The molecule has 1 heterocycles. The highest BCUT2D eigenvalue weighted by Gasteiger charge is 2.08. The molecule has 0 amide bonds. The van der Waals surface area contributed by atoms with Crippen molar-refractivity contribution in [2.24, 2.45) is 0 Å². The van der Waals surface area contributed by atoms with Gasteiger partial charge >= 0.3 is 0 Å². The lowest BCUT2D eigenvalue weighted by molar-refractivity contribution is 0.307. The maximum Gasteiger partial charge on any atom is 0.159 e. The first kappa shape index (κ1) is 21.0. The van der Waals surface area contributed by atoms with Crippen LogP contribution in [-0.2, 0) is 6.42 Å². The highest BCUT2D eigenvalue weighted by atomic mass is 16.5. The van der Waals surface area contributed by atoms with Crippen LogP contribution >= 0.6 is 0 Å². The van der Waals surface area contributed by atoms with Crippen LogP contribution in [0.3, 0.4) is 0 Å². The molecule has 0 bridgehead atoms. The largest absolute Gasteiger partial charge is 0.493 e. The van der Waals surface area contributed by atoms with Crippen LogP contribution in [-0.4, -0.2) is 16.6 Å². The van der Waals surface area contributed by atoms with Crippen LogP contribution in [0.5, 0.6) is 5.75 Å². The van der Waals surface area contributed by atoms with Gasteiger partial charge in [0.05, 0.1) is 6.61 Å². The molecule has 29 heavy (non-hydrogen) atoms. The van der Waals surface area contributed by atoms with Crippen LogP contribution in [0.1, 0.15) is 57.9 Å². The summed E-state index contributed by atoms with van der Waals surface area (Å²) in [6, 6.07) is 16.8. The molecule has 0 atom stereocenters. The summed E-state index contributed by atoms with van der Waals surface area (Å²) in [4.78, 5) is 9.23.